The van der Waals surface area contributed by atoms with Crippen LogP contribution in [0.4, 0.5) is 0 Å². The molecule has 0 radical (unpaired) electrons. The van der Waals surface area contributed by atoms with E-state index in [9.17, 15) is 0 Å². The van der Waals surface area contributed by atoms with Gasteiger partial charge in [0.1, 0.15) is 5.84 Å². The molecule has 72 valence electrons. The first kappa shape index (κ1) is 10.0. The summed E-state index contributed by atoms with van der Waals surface area (Å²) in [5.74, 6) is 1.55. The largest absolute Gasteiger partial charge is 0.347 e. The normalized spacial score (nSPS) is 26.2. The molecule has 0 amide bonds. The molecular formula is C11H18N2. The van der Waals surface area contributed by atoms with Gasteiger partial charge in [-0.2, -0.15) is 0 Å². The van der Waals surface area contributed by atoms with Gasteiger partial charge in [0.2, 0.25) is 0 Å². The minimum Gasteiger partial charge on any atom is -0.347 e. The van der Waals surface area contributed by atoms with Crippen molar-refractivity contribution in [3.05, 3.63) is 23.4 Å². The highest BCUT2D eigenvalue weighted by atomic mass is 15.0. The van der Waals surface area contributed by atoms with Gasteiger partial charge in [0.25, 0.3) is 0 Å². The van der Waals surface area contributed by atoms with Gasteiger partial charge in [-0.25, -0.2) is 0 Å². The van der Waals surface area contributed by atoms with E-state index >= 15 is 0 Å². The zero-order chi connectivity index (χ0) is 9.84. The predicted octanol–water partition coefficient (Wildman–Crippen LogP) is 2.49. The molecule has 0 saturated carbocycles. The topological polar surface area (TPSA) is 24.4 Å². The summed E-state index contributed by atoms with van der Waals surface area (Å²) in [5.41, 5.74) is 2.70. The van der Waals surface area contributed by atoms with E-state index in [1.807, 2.05) is 13.2 Å². The third-order valence-electron chi connectivity index (χ3n) is 2.71. The lowest BCUT2D eigenvalue weighted by molar-refractivity contribution is 0.722. The fraction of sp³-hybridized carbons (Fsp3) is 0.545. The van der Waals surface area contributed by atoms with Crippen LogP contribution in [0.15, 0.2) is 28.4 Å². The van der Waals surface area contributed by atoms with E-state index in [1.54, 1.807) is 0 Å². The van der Waals surface area contributed by atoms with Gasteiger partial charge < -0.3 is 5.32 Å². The van der Waals surface area contributed by atoms with Crippen LogP contribution in [0.5, 0.6) is 0 Å². The zero-order valence-electron chi connectivity index (χ0n) is 8.89. The molecule has 0 spiro atoms. The number of rotatable bonds is 1. The lowest BCUT2D eigenvalue weighted by atomic mass is 9.94. The van der Waals surface area contributed by atoms with Crippen molar-refractivity contribution in [3.8, 4) is 0 Å². The standard InChI is InChI=1S/C11H18N2/c1-5-10-6-7-13-11(12-4)9(3)8(10)2/h6-7,10H,5H2,1-4H3,(H,12,13). The lowest BCUT2D eigenvalue weighted by Gasteiger charge is -2.12. The Hall–Kier alpha value is -1.05. The second kappa shape index (κ2) is 4.26. The average Bonchev–Trinajstić information content (AvgIpc) is 2.28. The van der Waals surface area contributed by atoms with Crippen LogP contribution in [0.3, 0.4) is 0 Å². The Morgan fingerprint density at radius 3 is 2.69 bits per heavy atom. The van der Waals surface area contributed by atoms with Gasteiger partial charge in [0, 0.05) is 7.05 Å². The summed E-state index contributed by atoms with van der Waals surface area (Å²) in [7, 11) is 1.82. The minimum atomic E-state index is 0.562. The van der Waals surface area contributed by atoms with Crippen LogP contribution in [0.25, 0.3) is 0 Å². The Balaban J connectivity index is 3.06. The van der Waals surface area contributed by atoms with Crippen molar-refractivity contribution in [1.29, 1.82) is 0 Å². The number of amidine groups is 1. The second-order valence-corrected chi connectivity index (χ2v) is 3.40. The van der Waals surface area contributed by atoms with Crippen molar-refractivity contribution >= 4 is 5.84 Å². The molecule has 2 nitrogen and oxygen atoms in total. The van der Waals surface area contributed by atoms with E-state index in [-0.39, 0.29) is 0 Å². The van der Waals surface area contributed by atoms with Crippen molar-refractivity contribution in [1.82, 2.24) is 5.32 Å². The molecule has 1 unspecified atom stereocenters. The van der Waals surface area contributed by atoms with Gasteiger partial charge in [0.05, 0.1) is 0 Å². The van der Waals surface area contributed by atoms with Crippen LogP contribution in [0.1, 0.15) is 27.2 Å². The zero-order valence-corrected chi connectivity index (χ0v) is 8.89. The first-order chi connectivity index (χ1) is 6.20. The van der Waals surface area contributed by atoms with E-state index in [1.165, 1.54) is 11.1 Å². The molecular weight excluding hydrogens is 160 g/mol. The van der Waals surface area contributed by atoms with Gasteiger partial charge >= 0.3 is 0 Å². The van der Waals surface area contributed by atoms with Crippen LogP contribution < -0.4 is 5.32 Å². The molecule has 1 aliphatic heterocycles. The first-order valence-electron chi connectivity index (χ1n) is 4.78. The maximum atomic E-state index is 4.20. The van der Waals surface area contributed by atoms with Gasteiger partial charge in [-0.1, -0.05) is 18.6 Å². The molecule has 0 aromatic rings. The van der Waals surface area contributed by atoms with E-state index in [0.717, 1.165) is 12.3 Å². The molecule has 1 rings (SSSR count). The molecule has 0 aromatic carbocycles. The Labute approximate surface area is 80.4 Å². The summed E-state index contributed by atoms with van der Waals surface area (Å²) in [6.07, 6.45) is 5.35. The molecule has 0 aromatic heterocycles. The fourth-order valence-corrected chi connectivity index (χ4v) is 1.64. The quantitative estimate of drug-likeness (QED) is 0.655. The Morgan fingerprint density at radius 2 is 2.15 bits per heavy atom. The van der Waals surface area contributed by atoms with E-state index in [0.29, 0.717) is 5.92 Å². The highest BCUT2D eigenvalue weighted by Crippen LogP contribution is 2.21. The molecule has 2 heteroatoms. The van der Waals surface area contributed by atoms with Crippen LogP contribution in [-0.2, 0) is 0 Å². The second-order valence-electron chi connectivity index (χ2n) is 3.40. The summed E-state index contributed by atoms with van der Waals surface area (Å²) < 4.78 is 0. The Bertz CT molecular complexity index is 272. The van der Waals surface area contributed by atoms with Crippen LogP contribution in [0, 0.1) is 5.92 Å². The number of nitrogens with zero attached hydrogens (tertiary/aromatic N) is 1. The fourth-order valence-electron chi connectivity index (χ4n) is 1.64. The highest BCUT2D eigenvalue weighted by Gasteiger charge is 2.13. The molecule has 1 N–H and O–H groups in total. The molecule has 0 bridgehead atoms. The Kier molecular flexibility index (Phi) is 3.29. The van der Waals surface area contributed by atoms with Gasteiger partial charge in [-0.3, -0.25) is 4.99 Å². The van der Waals surface area contributed by atoms with Crippen molar-refractivity contribution < 1.29 is 0 Å². The van der Waals surface area contributed by atoms with Crippen molar-refractivity contribution in [3.63, 3.8) is 0 Å². The number of hydrogen-bond acceptors (Lipinski definition) is 1. The lowest BCUT2D eigenvalue weighted by Crippen LogP contribution is -2.18. The van der Waals surface area contributed by atoms with E-state index in [4.69, 9.17) is 0 Å². The maximum absolute atomic E-state index is 4.20. The molecule has 1 atom stereocenters. The molecule has 1 heterocycles. The van der Waals surface area contributed by atoms with E-state index < -0.39 is 0 Å². The molecule has 1 aliphatic rings. The average molecular weight is 178 g/mol. The summed E-state index contributed by atoms with van der Waals surface area (Å²) in [6.45, 7) is 6.52. The SMILES string of the molecule is CCC1C=CNC(=NC)C(C)=C1C. The molecule has 0 fully saturated rings. The van der Waals surface area contributed by atoms with Gasteiger partial charge in [-0.05, 0) is 38.0 Å². The predicted molar refractivity (Wildman–Crippen MR) is 57.8 cm³/mol. The summed E-state index contributed by atoms with van der Waals surface area (Å²) in [6, 6.07) is 0. The van der Waals surface area contributed by atoms with E-state index in [2.05, 4.69) is 37.2 Å². The van der Waals surface area contributed by atoms with Crippen LogP contribution in [0.2, 0.25) is 0 Å². The maximum Gasteiger partial charge on any atom is 0.127 e. The molecule has 0 saturated heterocycles. The smallest absolute Gasteiger partial charge is 0.127 e. The van der Waals surface area contributed by atoms with Crippen LogP contribution in [-0.4, -0.2) is 12.9 Å². The third-order valence-corrected chi connectivity index (χ3v) is 2.71. The third kappa shape index (κ3) is 2.00. The molecule has 13 heavy (non-hydrogen) atoms. The number of nitrogens with one attached hydrogen (secondary N) is 1. The van der Waals surface area contributed by atoms with Gasteiger partial charge in [0.15, 0.2) is 0 Å². The van der Waals surface area contributed by atoms with Crippen molar-refractivity contribution in [2.45, 2.75) is 27.2 Å². The monoisotopic (exact) mass is 178 g/mol. The highest BCUT2D eigenvalue weighted by molar-refractivity contribution is 5.99. The number of hydrogen-bond donors (Lipinski definition) is 1. The number of aliphatic imine (C=N–C) groups is 1. The van der Waals surface area contributed by atoms with Crippen molar-refractivity contribution in [2.24, 2.45) is 10.9 Å². The minimum absolute atomic E-state index is 0.562. The van der Waals surface area contributed by atoms with Crippen molar-refractivity contribution in [2.75, 3.05) is 7.05 Å². The molecule has 0 aliphatic carbocycles. The van der Waals surface area contributed by atoms with Gasteiger partial charge in [-0.15, -0.1) is 0 Å². The van der Waals surface area contributed by atoms with Crippen LogP contribution >= 0.6 is 0 Å². The summed E-state index contributed by atoms with van der Waals surface area (Å²) >= 11 is 0. The first-order valence-corrected chi connectivity index (χ1v) is 4.78. The summed E-state index contributed by atoms with van der Waals surface area (Å²) in [5, 5.41) is 3.19. The summed E-state index contributed by atoms with van der Waals surface area (Å²) in [4.78, 5) is 4.20. The Morgan fingerprint density at radius 1 is 1.46 bits per heavy atom. The number of allylic oxidation sites excluding steroid dienone is 2.